The fraction of sp³-hybridized carbons (Fsp3) is 0.0625. The maximum Gasteiger partial charge on any atom is 0.0426 e. The van der Waals surface area contributed by atoms with Gasteiger partial charge in [-0.3, -0.25) is 4.98 Å². The highest BCUT2D eigenvalue weighted by Gasteiger charge is 2.01. The minimum atomic E-state index is 0.731. The summed E-state index contributed by atoms with van der Waals surface area (Å²) in [6, 6.07) is 16.0. The molecule has 0 saturated heterocycles. The summed E-state index contributed by atoms with van der Waals surface area (Å²) in [5, 5.41) is 6.50. The zero-order chi connectivity index (χ0) is 13.1. The van der Waals surface area contributed by atoms with Crippen molar-refractivity contribution >= 4 is 28.1 Å². The summed E-state index contributed by atoms with van der Waals surface area (Å²) in [5.41, 5.74) is 2.19. The van der Waals surface area contributed by atoms with Crippen LogP contribution in [0.15, 0.2) is 60.9 Å². The number of nitrogens with zero attached hydrogens (tertiary/aromatic N) is 1. The third kappa shape index (κ3) is 2.69. The molecule has 0 amide bonds. The van der Waals surface area contributed by atoms with E-state index in [0.29, 0.717) is 0 Å². The molecular formula is C16H13ClN2. The van der Waals surface area contributed by atoms with Gasteiger partial charge in [0.05, 0.1) is 0 Å². The predicted molar refractivity (Wildman–Crippen MR) is 80.5 cm³/mol. The molecule has 3 heteroatoms. The Morgan fingerprint density at radius 2 is 1.89 bits per heavy atom. The van der Waals surface area contributed by atoms with Crippen LogP contribution in [0.5, 0.6) is 0 Å². The van der Waals surface area contributed by atoms with Gasteiger partial charge in [0.15, 0.2) is 0 Å². The molecule has 0 atom stereocenters. The normalized spacial score (nSPS) is 10.6. The zero-order valence-corrected chi connectivity index (χ0v) is 11.1. The summed E-state index contributed by atoms with van der Waals surface area (Å²) in [7, 11) is 0. The highest BCUT2D eigenvalue weighted by molar-refractivity contribution is 6.30. The lowest BCUT2D eigenvalue weighted by Gasteiger charge is -2.09. The fourth-order valence-corrected chi connectivity index (χ4v) is 2.31. The predicted octanol–water partition coefficient (Wildman–Crippen LogP) is 4.50. The van der Waals surface area contributed by atoms with Crippen LogP contribution in [0, 0.1) is 0 Å². The average molecular weight is 269 g/mol. The molecule has 1 N–H and O–H groups in total. The van der Waals surface area contributed by atoms with Crippen LogP contribution in [0.3, 0.4) is 0 Å². The van der Waals surface area contributed by atoms with E-state index in [2.05, 4.69) is 22.4 Å². The molecule has 0 radical (unpaired) electrons. The van der Waals surface area contributed by atoms with Crippen LogP contribution >= 0.6 is 11.6 Å². The van der Waals surface area contributed by atoms with Crippen molar-refractivity contribution in [2.45, 2.75) is 6.54 Å². The van der Waals surface area contributed by atoms with Gasteiger partial charge in [-0.1, -0.05) is 41.9 Å². The van der Waals surface area contributed by atoms with Crippen molar-refractivity contribution in [3.63, 3.8) is 0 Å². The molecule has 0 unspecified atom stereocenters. The molecule has 0 saturated carbocycles. The smallest absolute Gasteiger partial charge is 0.0426 e. The van der Waals surface area contributed by atoms with Gasteiger partial charge in [-0.15, -0.1) is 0 Å². The first-order valence-electron chi connectivity index (χ1n) is 6.14. The van der Waals surface area contributed by atoms with Crippen LogP contribution < -0.4 is 5.32 Å². The molecule has 19 heavy (non-hydrogen) atoms. The van der Waals surface area contributed by atoms with E-state index in [-0.39, 0.29) is 0 Å². The van der Waals surface area contributed by atoms with E-state index in [1.54, 1.807) is 0 Å². The van der Waals surface area contributed by atoms with E-state index in [4.69, 9.17) is 11.6 Å². The number of pyridine rings is 1. The number of nitrogens with one attached hydrogen (secondary N) is 1. The van der Waals surface area contributed by atoms with E-state index in [0.717, 1.165) is 22.6 Å². The highest BCUT2D eigenvalue weighted by atomic mass is 35.5. The molecule has 3 rings (SSSR count). The van der Waals surface area contributed by atoms with Crippen molar-refractivity contribution < 1.29 is 0 Å². The van der Waals surface area contributed by atoms with Crippen LogP contribution in [0.25, 0.3) is 10.8 Å². The van der Waals surface area contributed by atoms with Crippen molar-refractivity contribution in [3.05, 3.63) is 71.5 Å². The number of halogens is 1. The van der Waals surface area contributed by atoms with Crippen LogP contribution in [0.1, 0.15) is 5.56 Å². The first-order chi connectivity index (χ1) is 9.33. The molecule has 94 valence electrons. The molecule has 1 heterocycles. The second kappa shape index (κ2) is 5.29. The largest absolute Gasteiger partial charge is 0.381 e. The Morgan fingerprint density at radius 1 is 1.00 bits per heavy atom. The van der Waals surface area contributed by atoms with Crippen molar-refractivity contribution in [3.8, 4) is 0 Å². The van der Waals surface area contributed by atoms with E-state index in [1.807, 2.05) is 48.8 Å². The fourth-order valence-electron chi connectivity index (χ4n) is 2.12. The third-order valence-corrected chi connectivity index (χ3v) is 3.29. The molecule has 1 aromatic heterocycles. The van der Waals surface area contributed by atoms with Crippen molar-refractivity contribution in [2.75, 3.05) is 5.32 Å². The second-order valence-electron chi connectivity index (χ2n) is 4.38. The van der Waals surface area contributed by atoms with E-state index < -0.39 is 0 Å². The average Bonchev–Trinajstić information content (AvgIpc) is 2.45. The maximum atomic E-state index is 5.97. The lowest BCUT2D eigenvalue weighted by molar-refractivity contribution is 1.14. The maximum absolute atomic E-state index is 5.97. The van der Waals surface area contributed by atoms with Gasteiger partial charge in [0.25, 0.3) is 0 Å². The number of hydrogen-bond donors (Lipinski definition) is 1. The quantitative estimate of drug-likeness (QED) is 0.756. The van der Waals surface area contributed by atoms with Crippen molar-refractivity contribution in [1.29, 1.82) is 0 Å². The molecule has 0 fully saturated rings. The van der Waals surface area contributed by atoms with Crippen molar-refractivity contribution in [1.82, 2.24) is 4.98 Å². The molecule has 2 nitrogen and oxygen atoms in total. The van der Waals surface area contributed by atoms with E-state index in [1.165, 1.54) is 10.9 Å². The van der Waals surface area contributed by atoms with Crippen LogP contribution in [0.2, 0.25) is 5.02 Å². The SMILES string of the molecule is Clc1cccc(NCc2cncc3ccccc23)c1. The van der Waals surface area contributed by atoms with Gasteiger partial charge in [-0.25, -0.2) is 0 Å². The highest BCUT2D eigenvalue weighted by Crippen LogP contribution is 2.19. The standard InChI is InChI=1S/C16H13ClN2/c17-14-5-3-6-15(8-14)19-11-13-10-18-9-12-4-1-2-7-16(12)13/h1-10,19H,11H2. The minimum absolute atomic E-state index is 0.731. The van der Waals surface area contributed by atoms with Crippen LogP contribution in [0.4, 0.5) is 5.69 Å². The molecule has 2 aromatic carbocycles. The minimum Gasteiger partial charge on any atom is -0.381 e. The summed E-state index contributed by atoms with van der Waals surface area (Å²) < 4.78 is 0. The van der Waals surface area contributed by atoms with Crippen LogP contribution in [-0.2, 0) is 6.54 Å². The van der Waals surface area contributed by atoms with Gasteiger partial charge in [0, 0.05) is 35.0 Å². The molecule has 0 aliphatic rings. The first kappa shape index (κ1) is 12.0. The Balaban J connectivity index is 1.86. The Hall–Kier alpha value is -2.06. The molecular weight excluding hydrogens is 256 g/mol. The monoisotopic (exact) mass is 268 g/mol. The lowest BCUT2D eigenvalue weighted by atomic mass is 10.1. The molecule has 0 aliphatic heterocycles. The number of aromatic nitrogens is 1. The molecule has 3 aromatic rings. The van der Waals surface area contributed by atoms with Crippen LogP contribution in [-0.4, -0.2) is 4.98 Å². The van der Waals surface area contributed by atoms with Gasteiger partial charge in [0.1, 0.15) is 0 Å². The summed E-state index contributed by atoms with van der Waals surface area (Å²) >= 11 is 5.97. The summed E-state index contributed by atoms with van der Waals surface area (Å²) in [6.45, 7) is 0.731. The topological polar surface area (TPSA) is 24.9 Å². The van der Waals surface area contributed by atoms with Gasteiger partial charge in [0.2, 0.25) is 0 Å². The Morgan fingerprint density at radius 3 is 2.79 bits per heavy atom. The summed E-state index contributed by atoms with van der Waals surface area (Å²) in [6.07, 6.45) is 3.79. The Kier molecular flexibility index (Phi) is 3.34. The Bertz CT molecular complexity index is 704. The number of benzene rings is 2. The summed E-state index contributed by atoms with van der Waals surface area (Å²) in [4.78, 5) is 4.28. The zero-order valence-electron chi connectivity index (χ0n) is 10.3. The van der Waals surface area contributed by atoms with Gasteiger partial charge >= 0.3 is 0 Å². The molecule has 0 aliphatic carbocycles. The van der Waals surface area contributed by atoms with E-state index in [9.17, 15) is 0 Å². The number of hydrogen-bond acceptors (Lipinski definition) is 2. The first-order valence-corrected chi connectivity index (χ1v) is 6.52. The lowest BCUT2D eigenvalue weighted by Crippen LogP contribution is -2.00. The van der Waals surface area contributed by atoms with E-state index >= 15 is 0 Å². The molecule has 0 spiro atoms. The van der Waals surface area contributed by atoms with Gasteiger partial charge < -0.3 is 5.32 Å². The Labute approximate surface area is 117 Å². The number of rotatable bonds is 3. The van der Waals surface area contributed by atoms with Gasteiger partial charge in [-0.2, -0.15) is 0 Å². The van der Waals surface area contributed by atoms with Crippen molar-refractivity contribution in [2.24, 2.45) is 0 Å². The van der Waals surface area contributed by atoms with Gasteiger partial charge in [-0.05, 0) is 29.1 Å². The second-order valence-corrected chi connectivity index (χ2v) is 4.82. The molecule has 0 bridgehead atoms. The number of fused-ring (bicyclic) bond motifs is 1. The number of anilines is 1. The third-order valence-electron chi connectivity index (χ3n) is 3.06. The summed E-state index contributed by atoms with van der Waals surface area (Å²) in [5.74, 6) is 0.